The van der Waals surface area contributed by atoms with E-state index in [2.05, 4.69) is 27.8 Å². The number of rotatable bonds is 16. The number of anilines is 1. The second-order valence-electron chi connectivity index (χ2n) is 10.7. The standard InChI is InChI=1S/C29H42FN5O4/c1-29(2,22-9-7-14-31-18-22)28(38)34-25(27(36)37)13-17-35(19-23(30)20-39-3)16-5-4-10-24-12-11-21-8-6-15-32-26(21)33-24/h7,9,11-12,14,18,23,25H,4-6,8,10,13,15-17,19-20H2,1-3H3,(H,32,33)(H,34,38)(H,36,37)/t23-,25-/m0/s1. The van der Waals surface area contributed by atoms with Crippen LogP contribution in [-0.2, 0) is 32.6 Å². The van der Waals surface area contributed by atoms with Gasteiger partial charge in [0.15, 0.2) is 0 Å². The Morgan fingerprint density at radius 1 is 1.26 bits per heavy atom. The number of aliphatic carboxylic acids is 1. The first-order valence-corrected chi connectivity index (χ1v) is 13.7. The van der Waals surface area contributed by atoms with Gasteiger partial charge < -0.3 is 25.4 Å². The minimum Gasteiger partial charge on any atom is -0.480 e. The zero-order valence-electron chi connectivity index (χ0n) is 23.3. The van der Waals surface area contributed by atoms with Crippen molar-refractivity contribution in [1.29, 1.82) is 0 Å². The Labute approximate surface area is 230 Å². The number of aryl methyl sites for hydroxylation is 2. The maximum Gasteiger partial charge on any atom is 0.326 e. The predicted molar refractivity (Wildman–Crippen MR) is 149 cm³/mol. The molecule has 3 heterocycles. The Balaban J connectivity index is 1.54. The first-order valence-electron chi connectivity index (χ1n) is 13.7. The van der Waals surface area contributed by atoms with Crippen LogP contribution in [0, 0.1) is 0 Å². The Kier molecular flexibility index (Phi) is 11.6. The van der Waals surface area contributed by atoms with Crippen molar-refractivity contribution >= 4 is 17.7 Å². The highest BCUT2D eigenvalue weighted by atomic mass is 19.1. The molecule has 0 fully saturated rings. The SMILES string of the molecule is COC[C@@H](F)CN(CCCCc1ccc2c(n1)NCCC2)CC[C@H](NC(=O)C(C)(C)c1cccnc1)C(=O)O. The lowest BCUT2D eigenvalue weighted by atomic mass is 9.84. The van der Waals surface area contributed by atoms with Crippen LogP contribution in [0.25, 0.3) is 0 Å². The number of fused-ring (bicyclic) bond motifs is 1. The number of hydrogen-bond donors (Lipinski definition) is 3. The fourth-order valence-corrected chi connectivity index (χ4v) is 4.73. The van der Waals surface area contributed by atoms with E-state index in [9.17, 15) is 19.1 Å². The molecule has 0 bridgehead atoms. The highest BCUT2D eigenvalue weighted by molar-refractivity contribution is 5.90. The number of carboxylic acid groups (broad SMARTS) is 1. The Morgan fingerprint density at radius 2 is 2.08 bits per heavy atom. The molecule has 2 atom stereocenters. The summed E-state index contributed by atoms with van der Waals surface area (Å²) in [6, 6.07) is 6.65. The van der Waals surface area contributed by atoms with Gasteiger partial charge in [0, 0.05) is 44.8 Å². The van der Waals surface area contributed by atoms with Crippen LogP contribution in [0.3, 0.4) is 0 Å². The molecular formula is C29H42FN5O4. The number of hydrogen-bond acceptors (Lipinski definition) is 7. The first-order chi connectivity index (χ1) is 18.7. The third-order valence-electron chi connectivity index (χ3n) is 7.20. The molecule has 0 unspecified atom stereocenters. The second kappa shape index (κ2) is 14.9. The van der Waals surface area contributed by atoms with Crippen LogP contribution < -0.4 is 10.6 Å². The lowest BCUT2D eigenvalue weighted by Crippen LogP contribution is -2.49. The van der Waals surface area contributed by atoms with Crippen molar-refractivity contribution in [3.63, 3.8) is 0 Å². The number of carboxylic acids is 1. The minimum absolute atomic E-state index is 0.0268. The summed E-state index contributed by atoms with van der Waals surface area (Å²) in [6.45, 7) is 5.46. The largest absolute Gasteiger partial charge is 0.480 e. The third-order valence-corrected chi connectivity index (χ3v) is 7.20. The monoisotopic (exact) mass is 543 g/mol. The zero-order chi connectivity index (χ0) is 28.3. The van der Waals surface area contributed by atoms with Crippen LogP contribution in [0.15, 0.2) is 36.7 Å². The van der Waals surface area contributed by atoms with Crippen LogP contribution in [0.1, 0.15) is 56.4 Å². The summed E-state index contributed by atoms with van der Waals surface area (Å²) >= 11 is 0. The lowest BCUT2D eigenvalue weighted by molar-refractivity contribution is -0.142. The third kappa shape index (κ3) is 9.25. The summed E-state index contributed by atoms with van der Waals surface area (Å²) < 4.78 is 19.4. The van der Waals surface area contributed by atoms with Crippen molar-refractivity contribution in [3.8, 4) is 0 Å². The number of pyridine rings is 2. The topological polar surface area (TPSA) is 117 Å². The number of nitrogens with one attached hydrogen (secondary N) is 2. The van der Waals surface area contributed by atoms with Crippen molar-refractivity contribution < 1.29 is 23.8 Å². The van der Waals surface area contributed by atoms with Gasteiger partial charge in [0.25, 0.3) is 0 Å². The maximum absolute atomic E-state index is 14.4. The molecule has 2 aromatic rings. The smallest absolute Gasteiger partial charge is 0.326 e. The lowest BCUT2D eigenvalue weighted by Gasteiger charge is -2.28. The van der Waals surface area contributed by atoms with Crippen LogP contribution >= 0.6 is 0 Å². The van der Waals surface area contributed by atoms with Crippen LogP contribution in [0.5, 0.6) is 0 Å². The van der Waals surface area contributed by atoms with E-state index in [0.717, 1.165) is 50.2 Å². The van der Waals surface area contributed by atoms with Gasteiger partial charge in [0.05, 0.1) is 12.0 Å². The Hall–Kier alpha value is -3.11. The number of unbranched alkanes of at least 4 members (excludes halogenated alkanes) is 1. The van der Waals surface area contributed by atoms with Gasteiger partial charge in [0.1, 0.15) is 18.0 Å². The van der Waals surface area contributed by atoms with E-state index in [-0.39, 0.29) is 19.6 Å². The molecule has 3 N–H and O–H groups in total. The molecule has 0 radical (unpaired) electrons. The molecule has 39 heavy (non-hydrogen) atoms. The van der Waals surface area contributed by atoms with Crippen LogP contribution in [0.4, 0.5) is 10.2 Å². The maximum atomic E-state index is 14.4. The van der Waals surface area contributed by atoms with Gasteiger partial charge in [-0.25, -0.2) is 14.2 Å². The molecule has 0 spiro atoms. The highest BCUT2D eigenvalue weighted by Crippen LogP contribution is 2.23. The molecule has 10 heteroatoms. The number of amides is 1. The number of carbonyl (C=O) groups is 2. The summed E-state index contributed by atoms with van der Waals surface area (Å²) in [5.41, 5.74) is 2.02. The average Bonchev–Trinajstić information content (AvgIpc) is 2.93. The summed E-state index contributed by atoms with van der Waals surface area (Å²) in [4.78, 5) is 35.7. The molecule has 0 saturated carbocycles. The molecular weight excluding hydrogens is 501 g/mol. The van der Waals surface area contributed by atoms with Gasteiger partial charge >= 0.3 is 5.97 Å². The second-order valence-corrected chi connectivity index (χ2v) is 10.7. The number of nitrogens with zero attached hydrogens (tertiary/aromatic N) is 3. The normalized spacial score (nSPS) is 14.8. The van der Waals surface area contributed by atoms with E-state index in [1.807, 2.05) is 4.90 Å². The molecule has 0 aliphatic carbocycles. The molecule has 1 aliphatic rings. The number of carbonyl (C=O) groups excluding carboxylic acids is 1. The quantitative estimate of drug-likeness (QED) is 0.276. The molecule has 3 rings (SSSR count). The zero-order valence-corrected chi connectivity index (χ0v) is 23.3. The van der Waals surface area contributed by atoms with E-state index in [4.69, 9.17) is 9.72 Å². The highest BCUT2D eigenvalue weighted by Gasteiger charge is 2.33. The van der Waals surface area contributed by atoms with Crippen molar-refractivity contribution in [2.24, 2.45) is 0 Å². The van der Waals surface area contributed by atoms with E-state index in [0.29, 0.717) is 18.7 Å². The number of halogens is 1. The fraction of sp³-hybridized carbons (Fsp3) is 0.586. The number of alkyl halides is 1. The minimum atomic E-state index is -1.19. The molecule has 2 aromatic heterocycles. The van der Waals surface area contributed by atoms with Crippen molar-refractivity contribution in [1.82, 2.24) is 20.2 Å². The van der Waals surface area contributed by atoms with Gasteiger partial charge in [0.2, 0.25) is 5.91 Å². The molecule has 214 valence electrons. The fourth-order valence-electron chi connectivity index (χ4n) is 4.73. The van der Waals surface area contributed by atoms with Gasteiger partial charge in [-0.15, -0.1) is 0 Å². The summed E-state index contributed by atoms with van der Waals surface area (Å²) in [5.74, 6) is -0.538. The predicted octanol–water partition coefficient (Wildman–Crippen LogP) is 3.38. The first kappa shape index (κ1) is 30.4. The van der Waals surface area contributed by atoms with Crippen LogP contribution in [0.2, 0.25) is 0 Å². The molecule has 9 nitrogen and oxygen atoms in total. The van der Waals surface area contributed by atoms with Crippen molar-refractivity contribution in [2.45, 2.75) is 70.0 Å². The number of methoxy groups -OCH3 is 1. The van der Waals surface area contributed by atoms with Gasteiger partial charge in [-0.1, -0.05) is 12.1 Å². The van der Waals surface area contributed by atoms with E-state index in [1.165, 1.54) is 12.7 Å². The average molecular weight is 544 g/mol. The van der Waals surface area contributed by atoms with E-state index >= 15 is 0 Å². The van der Waals surface area contributed by atoms with Gasteiger partial charge in [-0.2, -0.15) is 0 Å². The summed E-state index contributed by atoms with van der Waals surface area (Å²) in [6.07, 6.45) is 6.86. The molecule has 1 amide bonds. The molecule has 1 aliphatic heterocycles. The number of ether oxygens (including phenoxy) is 1. The van der Waals surface area contributed by atoms with Crippen LogP contribution in [-0.4, -0.2) is 84.0 Å². The van der Waals surface area contributed by atoms with Crippen molar-refractivity contribution in [3.05, 3.63) is 53.5 Å². The Morgan fingerprint density at radius 3 is 2.79 bits per heavy atom. The molecule has 0 aromatic carbocycles. The van der Waals surface area contributed by atoms with E-state index < -0.39 is 29.5 Å². The van der Waals surface area contributed by atoms with Gasteiger partial charge in [-0.3, -0.25) is 9.78 Å². The summed E-state index contributed by atoms with van der Waals surface area (Å²) in [7, 11) is 1.46. The van der Waals surface area contributed by atoms with E-state index in [1.54, 1.807) is 38.4 Å². The Bertz CT molecular complexity index is 1070. The van der Waals surface area contributed by atoms with Gasteiger partial charge in [-0.05, 0) is 82.2 Å². The number of aromatic nitrogens is 2. The van der Waals surface area contributed by atoms with Crippen molar-refractivity contribution in [2.75, 3.05) is 45.2 Å². The molecule has 0 saturated heterocycles. The summed E-state index contributed by atoms with van der Waals surface area (Å²) in [5, 5.41) is 15.8.